The van der Waals surface area contributed by atoms with Crippen LogP contribution in [-0.4, -0.2) is 0 Å². The van der Waals surface area contributed by atoms with Gasteiger partial charge in [-0.1, -0.05) is 82.9 Å². The first-order valence-electron chi connectivity index (χ1n) is 14.8. The Morgan fingerprint density at radius 3 is 2.33 bits per heavy atom. The van der Waals surface area contributed by atoms with Gasteiger partial charge >= 0.3 is 0 Å². The molecule has 7 rings (SSSR count). The Kier molecular flexibility index (Phi) is 5.57. The largest absolute Gasteiger partial charge is 0.455 e. The molecule has 5 aromatic rings. The number of hydrogen-bond donors (Lipinski definition) is 0. The normalized spacial score (nSPS) is 15.3. The zero-order chi connectivity index (χ0) is 27.1. The molecule has 0 amide bonds. The van der Waals surface area contributed by atoms with E-state index >= 15 is 0 Å². The van der Waals surface area contributed by atoms with E-state index in [2.05, 4.69) is 101 Å². The quantitative estimate of drug-likeness (QED) is 0.169. The third kappa shape index (κ3) is 4.03. The van der Waals surface area contributed by atoms with Crippen molar-refractivity contribution in [1.29, 1.82) is 0 Å². The predicted molar refractivity (Wildman–Crippen MR) is 164 cm³/mol. The third-order valence-electron chi connectivity index (χ3n) is 9.28. The van der Waals surface area contributed by atoms with Crippen LogP contribution in [0.25, 0.3) is 43.6 Å². The number of aryl methyl sites for hydroxylation is 3. The molecule has 39 heavy (non-hydrogen) atoms. The number of rotatable bonds is 3. The molecule has 4 aromatic carbocycles. The topological polar surface area (TPSA) is 13.1 Å². The van der Waals surface area contributed by atoms with Crippen molar-refractivity contribution in [2.24, 2.45) is 18.4 Å². The fraction of sp³-hybridized carbons (Fsp3) is 0.378. The van der Waals surface area contributed by atoms with Crippen molar-refractivity contribution in [3.8, 4) is 22.8 Å². The maximum absolute atomic E-state index is 6.87. The van der Waals surface area contributed by atoms with E-state index in [-0.39, 0.29) is 5.41 Å². The molecule has 2 heterocycles. The summed E-state index contributed by atoms with van der Waals surface area (Å²) >= 11 is 0. The second-order valence-corrected chi connectivity index (χ2v) is 13.5. The van der Waals surface area contributed by atoms with Crippen LogP contribution in [0, 0.1) is 25.2 Å². The van der Waals surface area contributed by atoms with Crippen LogP contribution >= 0.6 is 0 Å². The summed E-state index contributed by atoms with van der Waals surface area (Å²) in [6.07, 6.45) is 10.1. The Balaban J connectivity index is 1.47. The molecule has 0 spiro atoms. The van der Waals surface area contributed by atoms with E-state index in [1.807, 2.05) is 0 Å². The van der Waals surface area contributed by atoms with Crippen LogP contribution in [0.2, 0.25) is 0 Å². The first-order valence-corrected chi connectivity index (χ1v) is 14.8. The summed E-state index contributed by atoms with van der Waals surface area (Å²) in [7, 11) is 2.18. The number of fused-ring (bicyclic) bond motifs is 5. The molecule has 2 aliphatic rings. The molecule has 1 aliphatic heterocycles. The van der Waals surface area contributed by atoms with Gasteiger partial charge in [-0.05, 0) is 82.3 Å². The SMILES string of the molecule is Cc1c2c(c(C)c3cc(CC(C)(C)C)ccc13)-c1c3c(cc4ccc(CC5CCCC5)cc4c3cc[n+]1C)O2. The molecule has 0 saturated heterocycles. The summed E-state index contributed by atoms with van der Waals surface area (Å²) in [5, 5.41) is 7.79. The van der Waals surface area contributed by atoms with Gasteiger partial charge in [-0.3, -0.25) is 0 Å². The molecule has 2 heteroatoms. The van der Waals surface area contributed by atoms with Gasteiger partial charge in [0.05, 0.1) is 10.9 Å². The summed E-state index contributed by atoms with van der Waals surface area (Å²) in [6.45, 7) is 11.5. The molecular weight excluding hydrogens is 474 g/mol. The minimum Gasteiger partial charge on any atom is -0.455 e. The first-order chi connectivity index (χ1) is 18.7. The zero-order valence-corrected chi connectivity index (χ0v) is 24.4. The number of pyridine rings is 1. The van der Waals surface area contributed by atoms with Gasteiger partial charge in [0.2, 0.25) is 5.69 Å². The van der Waals surface area contributed by atoms with Gasteiger partial charge in [0.25, 0.3) is 0 Å². The summed E-state index contributed by atoms with van der Waals surface area (Å²) in [5.41, 5.74) is 8.18. The second-order valence-electron chi connectivity index (χ2n) is 13.5. The molecule has 2 nitrogen and oxygen atoms in total. The van der Waals surface area contributed by atoms with E-state index in [9.17, 15) is 0 Å². The van der Waals surface area contributed by atoms with E-state index in [0.29, 0.717) is 0 Å². The Hall–Kier alpha value is -3.39. The van der Waals surface area contributed by atoms with E-state index in [4.69, 9.17) is 4.74 Å². The Morgan fingerprint density at radius 2 is 1.56 bits per heavy atom. The minimum absolute atomic E-state index is 0.253. The molecule has 0 unspecified atom stereocenters. The first kappa shape index (κ1) is 24.6. The molecule has 1 fully saturated rings. The molecule has 1 aromatic heterocycles. The van der Waals surface area contributed by atoms with Gasteiger partial charge in [0.1, 0.15) is 18.5 Å². The summed E-state index contributed by atoms with van der Waals surface area (Å²) in [5.74, 6) is 2.83. The lowest BCUT2D eigenvalue weighted by Crippen LogP contribution is -2.32. The van der Waals surface area contributed by atoms with E-state index in [1.165, 1.54) is 97.9 Å². The molecule has 0 radical (unpaired) electrons. The lowest BCUT2D eigenvalue weighted by Gasteiger charge is -2.25. The van der Waals surface area contributed by atoms with Crippen LogP contribution in [0.1, 0.15) is 68.7 Å². The van der Waals surface area contributed by atoms with Gasteiger partial charge in [0, 0.05) is 17.0 Å². The maximum Gasteiger partial charge on any atom is 0.228 e. The van der Waals surface area contributed by atoms with E-state index < -0.39 is 0 Å². The number of benzene rings is 4. The molecule has 0 N–H and O–H groups in total. The Labute approximate surface area is 232 Å². The number of nitrogens with zero attached hydrogens (tertiary/aromatic N) is 1. The fourth-order valence-corrected chi connectivity index (χ4v) is 7.44. The molecule has 1 aliphatic carbocycles. The average molecular weight is 515 g/mol. The maximum atomic E-state index is 6.87. The van der Waals surface area contributed by atoms with Gasteiger partial charge in [-0.25, -0.2) is 4.57 Å². The Bertz CT molecular complexity index is 1800. The van der Waals surface area contributed by atoms with Crippen molar-refractivity contribution in [1.82, 2.24) is 0 Å². The summed E-state index contributed by atoms with van der Waals surface area (Å²) in [4.78, 5) is 0. The molecular formula is C37H40NO+. The van der Waals surface area contributed by atoms with Crippen molar-refractivity contribution in [3.05, 3.63) is 77.0 Å². The summed E-state index contributed by atoms with van der Waals surface area (Å²) in [6, 6.07) is 18.7. The highest BCUT2D eigenvalue weighted by Gasteiger charge is 2.32. The monoisotopic (exact) mass is 514 g/mol. The van der Waals surface area contributed by atoms with Gasteiger partial charge in [-0.15, -0.1) is 0 Å². The van der Waals surface area contributed by atoms with Crippen LogP contribution in [0.5, 0.6) is 11.5 Å². The van der Waals surface area contributed by atoms with E-state index in [1.54, 1.807) is 0 Å². The highest BCUT2D eigenvalue weighted by atomic mass is 16.5. The Morgan fingerprint density at radius 1 is 0.821 bits per heavy atom. The second kappa shape index (κ2) is 8.81. The van der Waals surface area contributed by atoms with Crippen molar-refractivity contribution in [3.63, 3.8) is 0 Å². The third-order valence-corrected chi connectivity index (χ3v) is 9.28. The van der Waals surface area contributed by atoms with Crippen LogP contribution in [0.3, 0.4) is 0 Å². The van der Waals surface area contributed by atoms with Gasteiger partial charge < -0.3 is 4.74 Å². The van der Waals surface area contributed by atoms with Crippen molar-refractivity contribution < 1.29 is 9.30 Å². The number of hydrogen-bond acceptors (Lipinski definition) is 1. The smallest absolute Gasteiger partial charge is 0.228 e. The van der Waals surface area contributed by atoms with Gasteiger partial charge in [0.15, 0.2) is 6.20 Å². The molecule has 0 atom stereocenters. The zero-order valence-electron chi connectivity index (χ0n) is 24.4. The predicted octanol–water partition coefficient (Wildman–Crippen LogP) is 9.68. The summed E-state index contributed by atoms with van der Waals surface area (Å²) < 4.78 is 9.17. The van der Waals surface area contributed by atoms with Crippen molar-refractivity contribution in [2.45, 2.75) is 73.1 Å². The van der Waals surface area contributed by atoms with E-state index in [0.717, 1.165) is 23.8 Å². The number of aromatic nitrogens is 1. The molecule has 1 saturated carbocycles. The lowest BCUT2D eigenvalue weighted by atomic mass is 9.84. The molecule has 0 bridgehead atoms. The van der Waals surface area contributed by atoms with Crippen molar-refractivity contribution >= 4 is 32.3 Å². The highest BCUT2D eigenvalue weighted by molar-refractivity contribution is 6.16. The van der Waals surface area contributed by atoms with Crippen LogP contribution in [-0.2, 0) is 19.9 Å². The lowest BCUT2D eigenvalue weighted by molar-refractivity contribution is -0.659. The standard InChI is InChI=1S/C37H40NO/c1-22-30-19-26(21-37(3,4)5)12-14-28(30)23(2)36-33(22)35-34-29(15-16-38(35)6)31-18-25(17-24-9-7-8-10-24)11-13-27(31)20-32(34)39-36/h11-16,18-20,24H,7-10,17,21H2,1-6H3/q+1. The highest BCUT2D eigenvalue weighted by Crippen LogP contribution is 2.51. The van der Waals surface area contributed by atoms with Crippen molar-refractivity contribution in [2.75, 3.05) is 0 Å². The van der Waals surface area contributed by atoms with Crippen LogP contribution in [0.4, 0.5) is 0 Å². The molecule has 198 valence electrons. The van der Waals surface area contributed by atoms with Crippen LogP contribution in [0.15, 0.2) is 54.7 Å². The fourth-order valence-electron chi connectivity index (χ4n) is 7.44. The minimum atomic E-state index is 0.253. The number of ether oxygens (including phenoxy) is 1. The van der Waals surface area contributed by atoms with Gasteiger partial charge in [-0.2, -0.15) is 0 Å². The average Bonchev–Trinajstić information content (AvgIpc) is 3.40. The van der Waals surface area contributed by atoms with Crippen LogP contribution < -0.4 is 9.30 Å².